The van der Waals surface area contributed by atoms with Gasteiger partial charge in [-0.3, -0.25) is 0 Å². The number of hydrogen-bond acceptors (Lipinski definition) is 2. The van der Waals surface area contributed by atoms with Crippen LogP contribution in [0.25, 0.3) is 0 Å². The molecule has 0 heterocycles. The van der Waals surface area contributed by atoms with Gasteiger partial charge in [0, 0.05) is 10.0 Å². The first-order chi connectivity index (χ1) is 7.63. The Morgan fingerprint density at radius 3 is 2.62 bits per heavy atom. The summed E-state index contributed by atoms with van der Waals surface area (Å²) in [5.41, 5.74) is 2.03. The van der Waals surface area contributed by atoms with E-state index in [4.69, 9.17) is 4.74 Å². The fourth-order valence-electron chi connectivity index (χ4n) is 2.09. The molecule has 0 aromatic heterocycles. The summed E-state index contributed by atoms with van der Waals surface area (Å²) in [6.07, 6.45) is 3.09. The molecule has 0 radical (unpaired) electrons. The average Bonchev–Trinajstić information content (AvgIpc) is 2.18. The van der Waals surface area contributed by atoms with Gasteiger partial charge in [-0.05, 0) is 43.4 Å². The molecular weight excluding hydrogens is 268 g/mol. The maximum Gasteiger partial charge on any atom is 0.125 e. The zero-order valence-electron chi connectivity index (χ0n) is 9.66. The van der Waals surface area contributed by atoms with Gasteiger partial charge in [0.2, 0.25) is 0 Å². The number of hydrogen-bond donors (Lipinski definition) is 1. The number of benzene rings is 1. The molecule has 0 amide bonds. The summed E-state index contributed by atoms with van der Waals surface area (Å²) in [5.74, 6) is 1.20. The molecule has 0 aliphatic heterocycles. The molecule has 1 saturated carbocycles. The SMILES string of the molecule is COc1cc(C)c(Br)cc1C(O)C1CCC1. The van der Waals surface area contributed by atoms with Crippen LogP contribution in [0.4, 0.5) is 0 Å². The first kappa shape index (κ1) is 11.9. The standard InChI is InChI=1S/C13H17BrO2/c1-8-6-12(16-2)10(7-11(8)14)13(15)9-4-3-5-9/h6-7,9,13,15H,3-5H2,1-2H3. The lowest BCUT2D eigenvalue weighted by Crippen LogP contribution is -2.20. The monoisotopic (exact) mass is 284 g/mol. The van der Waals surface area contributed by atoms with Crippen LogP contribution < -0.4 is 4.74 Å². The Kier molecular flexibility index (Phi) is 3.55. The van der Waals surface area contributed by atoms with Crippen LogP contribution in [0.5, 0.6) is 5.75 Å². The van der Waals surface area contributed by atoms with Gasteiger partial charge >= 0.3 is 0 Å². The molecule has 3 heteroatoms. The van der Waals surface area contributed by atoms with Crippen LogP contribution in [0.15, 0.2) is 16.6 Å². The number of aryl methyl sites for hydroxylation is 1. The van der Waals surface area contributed by atoms with Gasteiger partial charge in [0.15, 0.2) is 0 Å². The molecule has 1 aliphatic carbocycles. The third-order valence-corrected chi connectivity index (χ3v) is 4.28. The minimum Gasteiger partial charge on any atom is -0.496 e. The highest BCUT2D eigenvalue weighted by Gasteiger charge is 2.29. The van der Waals surface area contributed by atoms with Gasteiger partial charge in [-0.2, -0.15) is 0 Å². The van der Waals surface area contributed by atoms with Crippen LogP contribution in [-0.2, 0) is 0 Å². The molecule has 2 nitrogen and oxygen atoms in total. The van der Waals surface area contributed by atoms with E-state index >= 15 is 0 Å². The van der Waals surface area contributed by atoms with Crippen LogP contribution >= 0.6 is 15.9 Å². The van der Waals surface area contributed by atoms with Crippen molar-refractivity contribution in [2.24, 2.45) is 5.92 Å². The van der Waals surface area contributed by atoms with Crippen molar-refractivity contribution in [3.8, 4) is 5.75 Å². The van der Waals surface area contributed by atoms with E-state index in [2.05, 4.69) is 15.9 Å². The van der Waals surface area contributed by atoms with E-state index in [0.717, 1.165) is 34.2 Å². The summed E-state index contributed by atoms with van der Waals surface area (Å²) in [5, 5.41) is 10.3. The second kappa shape index (κ2) is 4.76. The maximum absolute atomic E-state index is 10.3. The van der Waals surface area contributed by atoms with Crippen molar-refractivity contribution in [1.29, 1.82) is 0 Å². The van der Waals surface area contributed by atoms with Gasteiger partial charge in [-0.15, -0.1) is 0 Å². The molecule has 1 fully saturated rings. The smallest absolute Gasteiger partial charge is 0.125 e. The second-order valence-corrected chi connectivity index (χ2v) is 5.33. The van der Waals surface area contributed by atoms with Gasteiger partial charge in [0.1, 0.15) is 5.75 Å². The Morgan fingerprint density at radius 1 is 1.44 bits per heavy atom. The average molecular weight is 285 g/mol. The van der Waals surface area contributed by atoms with E-state index in [-0.39, 0.29) is 6.10 Å². The van der Waals surface area contributed by atoms with Crippen LogP contribution in [0.3, 0.4) is 0 Å². The molecule has 1 aromatic rings. The quantitative estimate of drug-likeness (QED) is 0.919. The third kappa shape index (κ3) is 2.11. The largest absolute Gasteiger partial charge is 0.496 e. The maximum atomic E-state index is 10.3. The first-order valence-electron chi connectivity index (χ1n) is 5.65. The highest BCUT2D eigenvalue weighted by molar-refractivity contribution is 9.10. The first-order valence-corrected chi connectivity index (χ1v) is 6.45. The topological polar surface area (TPSA) is 29.5 Å². The normalized spacial score (nSPS) is 18.0. The fourth-order valence-corrected chi connectivity index (χ4v) is 2.45. The molecule has 1 unspecified atom stereocenters. The summed E-state index contributed by atoms with van der Waals surface area (Å²) in [6, 6.07) is 3.96. The molecular formula is C13H17BrO2. The number of ether oxygens (including phenoxy) is 1. The van der Waals surface area contributed by atoms with Crippen molar-refractivity contribution in [3.63, 3.8) is 0 Å². The lowest BCUT2D eigenvalue weighted by molar-refractivity contribution is 0.0600. The summed E-state index contributed by atoms with van der Waals surface area (Å²) in [7, 11) is 1.65. The zero-order chi connectivity index (χ0) is 11.7. The predicted octanol–water partition coefficient (Wildman–Crippen LogP) is 3.60. The molecule has 0 bridgehead atoms. The number of methoxy groups -OCH3 is 1. The summed E-state index contributed by atoms with van der Waals surface area (Å²) < 4.78 is 6.37. The van der Waals surface area contributed by atoms with Gasteiger partial charge in [-0.25, -0.2) is 0 Å². The van der Waals surface area contributed by atoms with E-state index in [1.165, 1.54) is 6.42 Å². The molecule has 1 aliphatic rings. The third-order valence-electron chi connectivity index (χ3n) is 3.43. The fraction of sp³-hybridized carbons (Fsp3) is 0.538. The van der Waals surface area contributed by atoms with E-state index in [1.54, 1.807) is 7.11 Å². The molecule has 1 atom stereocenters. The molecule has 1 N–H and O–H groups in total. The Bertz CT molecular complexity index is 386. The van der Waals surface area contributed by atoms with E-state index in [1.807, 2.05) is 19.1 Å². The van der Waals surface area contributed by atoms with Crippen molar-refractivity contribution >= 4 is 15.9 Å². The highest BCUT2D eigenvalue weighted by atomic mass is 79.9. The lowest BCUT2D eigenvalue weighted by atomic mass is 9.78. The van der Waals surface area contributed by atoms with Crippen LogP contribution in [0.1, 0.15) is 36.5 Å². The van der Waals surface area contributed by atoms with E-state index < -0.39 is 0 Å². The number of aliphatic hydroxyl groups excluding tert-OH is 1. The van der Waals surface area contributed by atoms with Gasteiger partial charge in [-0.1, -0.05) is 22.4 Å². The minimum absolute atomic E-state index is 0.388. The minimum atomic E-state index is -0.388. The molecule has 0 saturated heterocycles. The van der Waals surface area contributed by atoms with Crippen LogP contribution in [-0.4, -0.2) is 12.2 Å². The number of aliphatic hydroxyl groups is 1. The van der Waals surface area contributed by atoms with Crippen molar-refractivity contribution in [2.75, 3.05) is 7.11 Å². The summed E-state index contributed by atoms with van der Waals surface area (Å²) in [6.45, 7) is 2.02. The van der Waals surface area contributed by atoms with Crippen molar-refractivity contribution < 1.29 is 9.84 Å². The molecule has 88 valence electrons. The lowest BCUT2D eigenvalue weighted by Gasteiger charge is -2.31. The van der Waals surface area contributed by atoms with E-state index in [9.17, 15) is 5.11 Å². The number of rotatable bonds is 3. The van der Waals surface area contributed by atoms with Crippen LogP contribution in [0, 0.1) is 12.8 Å². The Hall–Kier alpha value is -0.540. The zero-order valence-corrected chi connectivity index (χ0v) is 11.3. The molecule has 2 rings (SSSR count). The molecule has 1 aromatic carbocycles. The Morgan fingerprint density at radius 2 is 2.12 bits per heavy atom. The van der Waals surface area contributed by atoms with Crippen molar-refractivity contribution in [1.82, 2.24) is 0 Å². The predicted molar refractivity (Wildman–Crippen MR) is 67.7 cm³/mol. The number of halogens is 1. The summed E-state index contributed by atoms with van der Waals surface area (Å²) in [4.78, 5) is 0. The Balaban J connectivity index is 2.33. The summed E-state index contributed by atoms with van der Waals surface area (Å²) >= 11 is 3.50. The van der Waals surface area contributed by atoms with Gasteiger partial charge in [0.25, 0.3) is 0 Å². The highest BCUT2D eigenvalue weighted by Crippen LogP contribution is 2.41. The van der Waals surface area contributed by atoms with Gasteiger partial charge in [0.05, 0.1) is 13.2 Å². The molecule has 0 spiro atoms. The molecule has 16 heavy (non-hydrogen) atoms. The van der Waals surface area contributed by atoms with Crippen molar-refractivity contribution in [2.45, 2.75) is 32.3 Å². The van der Waals surface area contributed by atoms with Crippen LogP contribution in [0.2, 0.25) is 0 Å². The van der Waals surface area contributed by atoms with Crippen molar-refractivity contribution in [3.05, 3.63) is 27.7 Å². The second-order valence-electron chi connectivity index (χ2n) is 4.48. The Labute approximate surface area is 105 Å². The van der Waals surface area contributed by atoms with E-state index in [0.29, 0.717) is 5.92 Å². The van der Waals surface area contributed by atoms with Gasteiger partial charge < -0.3 is 9.84 Å².